The molecule has 1 fully saturated rings. The summed E-state index contributed by atoms with van der Waals surface area (Å²) in [7, 11) is 1.47. The predicted octanol–water partition coefficient (Wildman–Crippen LogP) is 2.15. The summed E-state index contributed by atoms with van der Waals surface area (Å²) in [6, 6.07) is 2.97. The molecular weight excluding hydrogens is 455 g/mol. The van der Waals surface area contributed by atoms with Crippen molar-refractivity contribution in [3.63, 3.8) is 0 Å². The monoisotopic (exact) mass is 474 g/mol. The molecule has 9 heteroatoms. The second kappa shape index (κ2) is 8.88. The molecule has 140 valence electrons. The molecule has 2 rings (SSSR count). The molecule has 0 atom stereocenters. The van der Waals surface area contributed by atoms with Crippen molar-refractivity contribution >= 4 is 46.6 Å². The number of esters is 1. The minimum absolute atomic E-state index is 0.190. The van der Waals surface area contributed by atoms with E-state index in [1.54, 1.807) is 32.1 Å². The Hall–Kier alpha value is -2.30. The number of hydrogen-bond donors (Lipinski definition) is 1. The van der Waals surface area contributed by atoms with Crippen LogP contribution in [0.15, 0.2) is 17.8 Å². The van der Waals surface area contributed by atoms with Gasteiger partial charge in [0, 0.05) is 6.54 Å². The SMILES string of the molecule is CCOC(=O)COc1c(I)cc(/C=C2/NC(=O)N(CC)C2=O)cc1OC. The van der Waals surface area contributed by atoms with E-state index in [1.807, 2.05) is 22.6 Å². The molecule has 1 aliphatic heterocycles. The number of benzene rings is 1. The van der Waals surface area contributed by atoms with Gasteiger partial charge in [0.2, 0.25) is 0 Å². The summed E-state index contributed by atoms with van der Waals surface area (Å²) in [4.78, 5) is 36.5. The van der Waals surface area contributed by atoms with E-state index in [1.165, 1.54) is 7.11 Å². The number of amides is 3. The summed E-state index contributed by atoms with van der Waals surface area (Å²) in [6.07, 6.45) is 1.57. The number of ether oxygens (including phenoxy) is 3. The van der Waals surface area contributed by atoms with Gasteiger partial charge in [0.1, 0.15) is 5.70 Å². The highest BCUT2D eigenvalue weighted by molar-refractivity contribution is 14.1. The van der Waals surface area contributed by atoms with Crippen LogP contribution >= 0.6 is 22.6 Å². The van der Waals surface area contributed by atoms with Crippen molar-refractivity contribution < 1.29 is 28.6 Å². The van der Waals surface area contributed by atoms with Crippen molar-refractivity contribution in [3.05, 3.63) is 27.0 Å². The summed E-state index contributed by atoms with van der Waals surface area (Å²) in [5, 5.41) is 2.54. The van der Waals surface area contributed by atoms with E-state index >= 15 is 0 Å². The van der Waals surface area contributed by atoms with E-state index in [2.05, 4.69) is 5.32 Å². The van der Waals surface area contributed by atoms with Gasteiger partial charge in [-0.25, -0.2) is 9.59 Å². The Morgan fingerprint density at radius 2 is 2.04 bits per heavy atom. The van der Waals surface area contributed by atoms with Gasteiger partial charge < -0.3 is 19.5 Å². The summed E-state index contributed by atoms with van der Waals surface area (Å²) in [5.74, 6) is -0.0537. The first-order valence-electron chi connectivity index (χ1n) is 7.91. The van der Waals surface area contributed by atoms with Gasteiger partial charge in [-0.1, -0.05) is 0 Å². The molecule has 0 bridgehead atoms. The van der Waals surface area contributed by atoms with Crippen LogP contribution < -0.4 is 14.8 Å². The first-order valence-corrected chi connectivity index (χ1v) is 8.99. The van der Waals surface area contributed by atoms with Crippen LogP contribution in [0, 0.1) is 3.57 Å². The first-order chi connectivity index (χ1) is 12.4. The van der Waals surface area contributed by atoms with Crippen LogP contribution in [0.5, 0.6) is 11.5 Å². The maximum Gasteiger partial charge on any atom is 0.344 e. The van der Waals surface area contributed by atoms with E-state index in [0.717, 1.165) is 4.90 Å². The van der Waals surface area contributed by atoms with Crippen molar-refractivity contribution in [2.24, 2.45) is 0 Å². The Morgan fingerprint density at radius 3 is 2.62 bits per heavy atom. The lowest BCUT2D eigenvalue weighted by atomic mass is 10.1. The number of carbonyl (C=O) groups excluding carboxylic acids is 3. The number of halogens is 1. The van der Waals surface area contributed by atoms with E-state index in [-0.39, 0.29) is 24.8 Å². The number of nitrogens with one attached hydrogen (secondary N) is 1. The molecule has 0 radical (unpaired) electrons. The van der Waals surface area contributed by atoms with Gasteiger partial charge in [-0.3, -0.25) is 9.69 Å². The van der Waals surface area contributed by atoms with Crippen LogP contribution in [0.4, 0.5) is 4.79 Å². The number of carbonyl (C=O) groups is 3. The van der Waals surface area contributed by atoms with E-state index < -0.39 is 12.0 Å². The Balaban J connectivity index is 2.26. The van der Waals surface area contributed by atoms with E-state index in [9.17, 15) is 14.4 Å². The zero-order valence-corrected chi connectivity index (χ0v) is 16.8. The molecule has 8 nitrogen and oxygen atoms in total. The predicted molar refractivity (Wildman–Crippen MR) is 102 cm³/mol. The smallest absolute Gasteiger partial charge is 0.344 e. The van der Waals surface area contributed by atoms with Crippen molar-refractivity contribution in [2.75, 3.05) is 26.9 Å². The average Bonchev–Trinajstić information content (AvgIpc) is 2.86. The third kappa shape index (κ3) is 4.45. The normalized spacial score (nSPS) is 15.2. The number of imide groups is 1. The molecule has 0 spiro atoms. The van der Waals surface area contributed by atoms with E-state index in [0.29, 0.717) is 27.2 Å². The van der Waals surface area contributed by atoms with Crippen molar-refractivity contribution in [1.82, 2.24) is 10.2 Å². The number of likely N-dealkylation sites (N-methyl/N-ethyl adjacent to an activating group) is 1. The van der Waals surface area contributed by atoms with Crippen LogP contribution in [0.2, 0.25) is 0 Å². The maximum absolute atomic E-state index is 12.2. The molecule has 3 amide bonds. The number of nitrogens with zero attached hydrogens (tertiary/aromatic N) is 1. The third-order valence-electron chi connectivity index (χ3n) is 3.48. The van der Waals surface area contributed by atoms with Crippen LogP contribution in [0.3, 0.4) is 0 Å². The Kier molecular flexibility index (Phi) is 6.83. The molecule has 0 aliphatic carbocycles. The van der Waals surface area contributed by atoms with Crippen molar-refractivity contribution in [1.29, 1.82) is 0 Å². The number of methoxy groups -OCH3 is 1. The molecule has 1 aromatic carbocycles. The Labute approximate surface area is 164 Å². The highest BCUT2D eigenvalue weighted by atomic mass is 127. The second-order valence-electron chi connectivity index (χ2n) is 5.17. The summed E-state index contributed by atoms with van der Waals surface area (Å²) in [5.41, 5.74) is 0.839. The zero-order valence-electron chi connectivity index (χ0n) is 14.6. The second-order valence-corrected chi connectivity index (χ2v) is 6.33. The van der Waals surface area contributed by atoms with Crippen LogP contribution in [-0.4, -0.2) is 49.7 Å². The summed E-state index contributed by atoms with van der Waals surface area (Å²) >= 11 is 2.04. The van der Waals surface area contributed by atoms with Gasteiger partial charge in [0.15, 0.2) is 18.1 Å². The summed E-state index contributed by atoms with van der Waals surface area (Å²) < 4.78 is 16.3. The van der Waals surface area contributed by atoms with Crippen LogP contribution in [0.25, 0.3) is 6.08 Å². The highest BCUT2D eigenvalue weighted by Gasteiger charge is 2.32. The molecule has 1 aromatic rings. The van der Waals surface area contributed by atoms with Gasteiger partial charge in [-0.15, -0.1) is 0 Å². The minimum atomic E-state index is -0.476. The summed E-state index contributed by atoms with van der Waals surface area (Å²) in [6.45, 7) is 3.77. The fraction of sp³-hybridized carbons (Fsp3) is 0.353. The molecule has 1 heterocycles. The first kappa shape index (κ1) is 20.0. The Morgan fingerprint density at radius 1 is 1.31 bits per heavy atom. The topological polar surface area (TPSA) is 94.2 Å². The zero-order chi connectivity index (χ0) is 19.3. The maximum atomic E-state index is 12.2. The quantitative estimate of drug-likeness (QED) is 0.282. The lowest BCUT2D eigenvalue weighted by Gasteiger charge is -2.13. The molecular formula is C17H19IN2O6. The lowest BCUT2D eigenvalue weighted by molar-refractivity contribution is -0.145. The molecule has 0 unspecified atom stereocenters. The van der Waals surface area contributed by atoms with Crippen molar-refractivity contribution in [3.8, 4) is 11.5 Å². The standard InChI is InChI=1S/C17H19IN2O6/c1-4-20-16(22)12(19-17(20)23)7-10-6-11(18)15(13(8-10)24-3)26-9-14(21)25-5-2/h6-8H,4-5,9H2,1-3H3,(H,19,23)/b12-7+. The molecule has 0 saturated carbocycles. The average molecular weight is 474 g/mol. The van der Waals surface area contributed by atoms with Gasteiger partial charge in [-0.05, 0) is 60.2 Å². The molecule has 1 aliphatic rings. The van der Waals surface area contributed by atoms with Gasteiger partial charge in [-0.2, -0.15) is 0 Å². The van der Waals surface area contributed by atoms with Gasteiger partial charge in [0.05, 0.1) is 17.3 Å². The minimum Gasteiger partial charge on any atom is -0.493 e. The molecule has 1 N–H and O–H groups in total. The highest BCUT2D eigenvalue weighted by Crippen LogP contribution is 2.34. The fourth-order valence-electron chi connectivity index (χ4n) is 2.32. The number of rotatable bonds is 7. The van der Waals surface area contributed by atoms with Crippen molar-refractivity contribution in [2.45, 2.75) is 13.8 Å². The molecule has 26 heavy (non-hydrogen) atoms. The molecule has 0 aromatic heterocycles. The van der Waals surface area contributed by atoms with Crippen LogP contribution in [0.1, 0.15) is 19.4 Å². The fourth-order valence-corrected chi connectivity index (χ4v) is 3.10. The third-order valence-corrected chi connectivity index (χ3v) is 4.28. The largest absolute Gasteiger partial charge is 0.493 e. The Bertz CT molecular complexity index is 762. The number of urea groups is 1. The van der Waals surface area contributed by atoms with Crippen LogP contribution in [-0.2, 0) is 14.3 Å². The number of hydrogen-bond acceptors (Lipinski definition) is 6. The van der Waals surface area contributed by atoms with E-state index in [4.69, 9.17) is 14.2 Å². The van der Waals surface area contributed by atoms with Gasteiger partial charge >= 0.3 is 12.0 Å². The molecule has 1 saturated heterocycles. The lowest BCUT2D eigenvalue weighted by Crippen LogP contribution is -2.30. The van der Waals surface area contributed by atoms with Gasteiger partial charge in [0.25, 0.3) is 5.91 Å².